The van der Waals surface area contributed by atoms with Gasteiger partial charge in [-0.05, 0) is 140 Å². The van der Waals surface area contributed by atoms with Crippen LogP contribution in [0.2, 0.25) is 0 Å². The van der Waals surface area contributed by atoms with Crippen LogP contribution >= 0.6 is 45.2 Å². The highest BCUT2D eigenvalue weighted by atomic mass is 127. The number of pyridine rings is 2. The molecule has 18 heteroatoms. The zero-order valence-electron chi connectivity index (χ0n) is 30.8. The van der Waals surface area contributed by atoms with Crippen molar-refractivity contribution in [2.24, 2.45) is 5.84 Å². The number of hydrogen-bond acceptors (Lipinski definition) is 15. The summed E-state index contributed by atoms with van der Waals surface area (Å²) >= 11 is 4.02. The van der Waals surface area contributed by atoms with E-state index in [9.17, 15) is 24.4 Å². The number of ether oxygens (including phenoxy) is 5. The average molecular weight is 938 g/mol. The quantitative estimate of drug-likeness (QED) is 0.0762. The summed E-state index contributed by atoms with van der Waals surface area (Å²) in [4.78, 5) is 55.8. The minimum Gasteiger partial charge on any atom is -0.459 e. The molecule has 0 atom stereocenters. The van der Waals surface area contributed by atoms with Crippen LogP contribution in [0.25, 0.3) is 0 Å². The van der Waals surface area contributed by atoms with Gasteiger partial charge < -0.3 is 29.1 Å². The van der Waals surface area contributed by atoms with Crippen LogP contribution in [0.5, 0.6) is 0 Å². The molecule has 0 saturated heterocycles. The highest BCUT2D eigenvalue weighted by molar-refractivity contribution is 14.1. The summed E-state index contributed by atoms with van der Waals surface area (Å²) in [6, 6.07) is 7.41. The fourth-order valence-corrected chi connectivity index (χ4v) is 4.11. The molecule has 280 valence electrons. The first-order valence-electron chi connectivity index (χ1n) is 15.0. The largest absolute Gasteiger partial charge is 0.519 e. The molecule has 16 nitrogen and oxygen atoms in total. The third kappa shape index (κ3) is 20.4. The first-order valence-corrected chi connectivity index (χ1v) is 17.2. The number of amides is 1. The van der Waals surface area contributed by atoms with Crippen LogP contribution in [-0.2, 0) is 28.5 Å². The van der Waals surface area contributed by atoms with E-state index in [0.717, 1.165) is 8.47 Å². The Hall–Kier alpha value is -4.02. The molecule has 0 fully saturated rings. The normalized spacial score (nSPS) is 11.0. The van der Waals surface area contributed by atoms with Gasteiger partial charge in [0.05, 0.1) is 0 Å². The third-order valence-corrected chi connectivity index (χ3v) is 6.46. The molecule has 0 aliphatic heterocycles. The number of nitriles is 2. The van der Waals surface area contributed by atoms with Crippen molar-refractivity contribution in [1.82, 2.24) is 9.97 Å². The molecule has 2 heterocycles. The molecule has 0 saturated carbocycles. The summed E-state index contributed by atoms with van der Waals surface area (Å²) in [5, 5.41) is 18.0. The van der Waals surface area contributed by atoms with Crippen molar-refractivity contribution in [2.45, 2.75) is 105 Å². The Balaban J connectivity index is 0.000000813. The summed E-state index contributed by atoms with van der Waals surface area (Å²) < 4.78 is 25.9. The van der Waals surface area contributed by atoms with Crippen LogP contribution < -0.4 is 16.2 Å². The molecule has 2 aromatic heterocycles. The highest BCUT2D eigenvalue weighted by Crippen LogP contribution is 2.24. The van der Waals surface area contributed by atoms with Gasteiger partial charge in [0.15, 0.2) is 11.6 Å². The van der Waals surface area contributed by atoms with Crippen molar-refractivity contribution in [2.75, 3.05) is 16.9 Å². The molecule has 0 unspecified atom stereocenters. The minimum atomic E-state index is -1.06. The Morgan fingerprint density at radius 2 is 1.14 bits per heavy atom. The Kier molecular flexibility index (Phi) is 18.5. The number of aromatic nitrogens is 2. The fraction of sp³-hybridized carbons (Fsp3) is 0.515. The monoisotopic (exact) mass is 937 g/mol. The number of esters is 1. The van der Waals surface area contributed by atoms with Crippen LogP contribution in [-0.4, -0.2) is 63.3 Å². The number of nitrogen functional groups attached to an aromatic ring is 1. The van der Waals surface area contributed by atoms with Crippen molar-refractivity contribution in [3.05, 3.63) is 42.8 Å². The first-order chi connectivity index (χ1) is 23.1. The maximum Gasteiger partial charge on any atom is 0.519 e. The lowest BCUT2D eigenvalue weighted by Gasteiger charge is -2.28. The average Bonchev–Trinajstić information content (AvgIpc) is 2.92. The van der Waals surface area contributed by atoms with Crippen molar-refractivity contribution in [1.29, 1.82) is 10.5 Å². The van der Waals surface area contributed by atoms with E-state index in [1.807, 2.05) is 34.7 Å². The van der Waals surface area contributed by atoms with Crippen molar-refractivity contribution in [3.8, 4) is 12.1 Å². The van der Waals surface area contributed by atoms with Gasteiger partial charge in [0.2, 0.25) is 0 Å². The second-order valence-corrected chi connectivity index (χ2v) is 16.4. The molecule has 0 radical (unpaired) electrons. The summed E-state index contributed by atoms with van der Waals surface area (Å²) in [6.45, 7) is 19.9. The molecule has 0 spiro atoms. The number of hydrogen-bond donors (Lipinski definition) is 2. The number of halogens is 2. The molecule has 0 bridgehead atoms. The van der Waals surface area contributed by atoms with Crippen molar-refractivity contribution >= 4 is 81.2 Å². The maximum atomic E-state index is 12.6. The number of nitrogens with zero attached hydrogens (tertiary/aromatic N) is 5. The molecule has 1 amide bonds. The smallest absolute Gasteiger partial charge is 0.459 e. The Bertz CT molecular complexity index is 1590. The lowest BCUT2D eigenvalue weighted by Crippen LogP contribution is -2.42. The first kappa shape index (κ1) is 47.0. The second-order valence-electron chi connectivity index (χ2n) is 14.1. The van der Waals surface area contributed by atoms with Crippen LogP contribution in [0.4, 0.5) is 26.0 Å². The van der Waals surface area contributed by atoms with Gasteiger partial charge in [0.25, 0.3) is 0 Å². The Morgan fingerprint density at radius 3 is 1.51 bits per heavy atom. The highest BCUT2D eigenvalue weighted by Gasteiger charge is 2.31. The number of carbonyl (C=O) groups is 4. The summed E-state index contributed by atoms with van der Waals surface area (Å²) in [5.74, 6) is 4.99. The fourth-order valence-electron chi connectivity index (χ4n) is 3.05. The van der Waals surface area contributed by atoms with Gasteiger partial charge in [-0.15, -0.1) is 0 Å². The van der Waals surface area contributed by atoms with Gasteiger partial charge in [-0.2, -0.15) is 10.5 Å². The van der Waals surface area contributed by atoms with Gasteiger partial charge in [0.1, 0.15) is 52.2 Å². The molecule has 51 heavy (non-hydrogen) atoms. The number of hydrazine groups is 1. The predicted octanol–water partition coefficient (Wildman–Crippen LogP) is 7.36. The molecular formula is C33H45I2N7O9. The topological polar surface area (TPSA) is 229 Å². The van der Waals surface area contributed by atoms with E-state index in [1.165, 1.54) is 6.20 Å². The Morgan fingerprint density at radius 1 is 0.725 bits per heavy atom. The summed E-state index contributed by atoms with van der Waals surface area (Å²) in [7, 11) is 0. The van der Waals surface area contributed by atoms with Gasteiger partial charge in [-0.25, -0.2) is 35.1 Å². The number of carbonyl (C=O) groups excluding carboxylic acids is 4. The summed E-state index contributed by atoms with van der Waals surface area (Å²) in [5.41, 5.74) is 0.165. The van der Waals surface area contributed by atoms with Crippen LogP contribution in [0.1, 0.15) is 94.2 Å². The van der Waals surface area contributed by atoms with Crippen molar-refractivity contribution in [3.63, 3.8) is 0 Å². The molecule has 2 rings (SSSR count). The molecular weight excluding hydrogens is 892 g/mol. The summed E-state index contributed by atoms with van der Waals surface area (Å²) in [6.07, 6.45) is 0.167. The minimum absolute atomic E-state index is 0.0644. The van der Waals surface area contributed by atoms with Crippen LogP contribution in [0.3, 0.4) is 0 Å². The van der Waals surface area contributed by atoms with Crippen LogP contribution in [0, 0.1) is 29.8 Å². The molecule has 2 aromatic rings. The predicted molar refractivity (Wildman–Crippen MR) is 204 cm³/mol. The van der Waals surface area contributed by atoms with E-state index in [1.54, 1.807) is 101 Å². The maximum absolute atomic E-state index is 12.6. The van der Waals surface area contributed by atoms with E-state index in [0.29, 0.717) is 15.0 Å². The molecule has 0 aliphatic rings. The zero-order chi connectivity index (χ0) is 40.0. The van der Waals surface area contributed by atoms with Gasteiger partial charge in [-0.1, -0.05) is 0 Å². The number of anilines is 2. The van der Waals surface area contributed by atoms with Gasteiger partial charge in [-0.3, -0.25) is 4.79 Å². The standard InChI is InChI=1S/C17H22IN3O4.C10H18O5.C6H5IN4/c1-16(2,3)24-13(22)10-21(15(23)25-17(4,5)6)14-11(9-19)12(18)7-8-20-14;1-9(2,3)14-7(11)13-8(12)15-10(4,5)6;7-5-1-2-10-6(11-9)4(5)3-8/h7-8H,10H2,1-6H3;1-6H3;1-2H,9H2,(H,10,11). The molecule has 0 aromatic carbocycles. The van der Waals surface area contributed by atoms with E-state index < -0.39 is 53.3 Å². The number of nitrogens with two attached hydrogens (primary N) is 1. The van der Waals surface area contributed by atoms with Gasteiger partial charge >= 0.3 is 24.4 Å². The van der Waals surface area contributed by atoms with Crippen LogP contribution in [0.15, 0.2) is 24.5 Å². The van der Waals surface area contributed by atoms with E-state index >= 15 is 0 Å². The van der Waals surface area contributed by atoms with E-state index in [-0.39, 0.29) is 11.4 Å². The van der Waals surface area contributed by atoms with Gasteiger partial charge in [0, 0.05) is 19.5 Å². The van der Waals surface area contributed by atoms with E-state index in [4.69, 9.17) is 30.1 Å². The lowest BCUT2D eigenvalue weighted by atomic mass is 10.2. The third-order valence-electron chi connectivity index (χ3n) is 4.66. The number of nitrogens with one attached hydrogen (secondary N) is 1. The molecule has 0 aliphatic carbocycles. The second kappa shape index (κ2) is 20.1. The number of rotatable bonds is 4. The SMILES string of the molecule is CC(C)(C)OC(=O)CN(C(=O)OC(C)(C)C)c1nccc(I)c1C#N.CC(C)(C)OC(=O)OC(=O)OC(C)(C)C.N#Cc1c(I)ccnc1NN. The van der Waals surface area contributed by atoms with Crippen molar-refractivity contribution < 1.29 is 42.9 Å². The Labute approximate surface area is 325 Å². The molecule has 3 N–H and O–H groups in total. The lowest BCUT2D eigenvalue weighted by molar-refractivity contribution is -0.153. The van der Waals surface area contributed by atoms with E-state index in [2.05, 4.69) is 42.7 Å². The zero-order valence-corrected chi connectivity index (χ0v) is 35.1.